The number of rotatable bonds is 8. The molecule has 0 bridgehead atoms. The molecule has 0 amide bonds. The zero-order chi connectivity index (χ0) is 27.3. The number of benzene rings is 2. The average molecular weight is 539 g/mol. The fourth-order valence-corrected chi connectivity index (χ4v) is 6.08. The first kappa shape index (κ1) is 28.7. The number of alkyl halides is 3. The quantitative estimate of drug-likeness (QED) is 0.240. The molecule has 1 saturated heterocycles. The first-order valence-electron chi connectivity index (χ1n) is 13.8. The summed E-state index contributed by atoms with van der Waals surface area (Å²) in [6.45, 7) is 2.89. The van der Waals surface area contributed by atoms with Crippen LogP contribution in [0, 0.1) is 35.2 Å². The van der Waals surface area contributed by atoms with Gasteiger partial charge in [0.25, 0.3) is 0 Å². The Kier molecular flexibility index (Phi) is 9.61. The smallest absolute Gasteiger partial charge is 0.373 e. The van der Waals surface area contributed by atoms with Crippen LogP contribution in [0.15, 0.2) is 36.4 Å². The Hall–Kier alpha value is -2.28. The van der Waals surface area contributed by atoms with Gasteiger partial charge in [0, 0.05) is 17.2 Å². The molecule has 2 atom stereocenters. The van der Waals surface area contributed by atoms with Gasteiger partial charge in [-0.2, -0.15) is 13.2 Å². The van der Waals surface area contributed by atoms with Gasteiger partial charge >= 0.3 is 6.18 Å². The molecule has 0 aromatic heterocycles. The second-order valence-corrected chi connectivity index (χ2v) is 10.9. The predicted molar refractivity (Wildman–Crippen MR) is 138 cm³/mol. The maximum Gasteiger partial charge on any atom is 0.409 e. The number of allylic oxidation sites excluding steroid dienone is 1. The standard InChI is InChI=1S/C31H36F6O/c1-2-3-4-5-20-6-8-21(9-7-20)23-11-13-30(38-19-23)22-10-12-25(27(32)16-22)24-17-28(33)26(29(34)18-24)14-15-31(35,36)37/h10,12,14-18,20-21,23,30H,2-9,11,13,19H2,1H3. The minimum absolute atomic E-state index is 0.0257. The second-order valence-electron chi connectivity index (χ2n) is 10.9. The minimum Gasteiger partial charge on any atom is -0.373 e. The zero-order valence-electron chi connectivity index (χ0n) is 21.8. The minimum atomic E-state index is -4.70. The fourth-order valence-electron chi connectivity index (χ4n) is 6.08. The Morgan fingerprint density at radius 1 is 0.842 bits per heavy atom. The molecule has 0 radical (unpaired) electrons. The molecule has 0 spiro atoms. The van der Waals surface area contributed by atoms with Crippen molar-refractivity contribution in [3.63, 3.8) is 0 Å². The lowest BCUT2D eigenvalue weighted by Gasteiger charge is -2.38. The summed E-state index contributed by atoms with van der Waals surface area (Å²) in [4.78, 5) is 0. The van der Waals surface area contributed by atoms with Crippen LogP contribution in [0.2, 0.25) is 0 Å². The summed E-state index contributed by atoms with van der Waals surface area (Å²) < 4.78 is 87.0. The largest absolute Gasteiger partial charge is 0.409 e. The summed E-state index contributed by atoms with van der Waals surface area (Å²) in [5.41, 5.74) is -0.251. The molecular formula is C31H36F6O. The van der Waals surface area contributed by atoms with Crippen LogP contribution in [-0.4, -0.2) is 12.8 Å². The highest BCUT2D eigenvalue weighted by molar-refractivity contribution is 5.67. The first-order valence-corrected chi connectivity index (χ1v) is 13.8. The summed E-state index contributed by atoms with van der Waals surface area (Å²) in [6.07, 6.45) is 7.40. The fraction of sp³-hybridized carbons (Fsp3) is 0.548. The molecular weight excluding hydrogens is 502 g/mol. The molecule has 1 aliphatic heterocycles. The Balaban J connectivity index is 1.35. The van der Waals surface area contributed by atoms with Crippen LogP contribution in [0.3, 0.4) is 0 Å². The molecule has 7 heteroatoms. The molecule has 2 fully saturated rings. The van der Waals surface area contributed by atoms with E-state index in [0.29, 0.717) is 30.1 Å². The summed E-state index contributed by atoms with van der Waals surface area (Å²) in [7, 11) is 0. The van der Waals surface area contributed by atoms with Gasteiger partial charge in [-0.1, -0.05) is 57.6 Å². The van der Waals surface area contributed by atoms with Gasteiger partial charge in [-0.25, -0.2) is 13.2 Å². The third-order valence-electron chi connectivity index (χ3n) is 8.28. The van der Waals surface area contributed by atoms with E-state index in [2.05, 4.69) is 6.92 Å². The average Bonchev–Trinajstić information content (AvgIpc) is 2.88. The van der Waals surface area contributed by atoms with Crippen LogP contribution >= 0.6 is 0 Å². The van der Waals surface area contributed by atoms with Crippen molar-refractivity contribution in [1.82, 2.24) is 0 Å². The van der Waals surface area contributed by atoms with Crippen molar-refractivity contribution in [1.29, 1.82) is 0 Å². The molecule has 4 rings (SSSR count). The number of halogens is 6. The van der Waals surface area contributed by atoms with Crippen LogP contribution in [0.1, 0.15) is 88.4 Å². The summed E-state index contributed by atoms with van der Waals surface area (Å²) >= 11 is 0. The van der Waals surface area contributed by atoms with E-state index >= 15 is 4.39 Å². The normalized spacial score (nSPS) is 24.7. The van der Waals surface area contributed by atoms with Crippen molar-refractivity contribution >= 4 is 6.08 Å². The van der Waals surface area contributed by atoms with Crippen molar-refractivity contribution in [2.75, 3.05) is 6.61 Å². The van der Waals surface area contributed by atoms with Gasteiger partial charge in [0.2, 0.25) is 0 Å². The molecule has 1 heterocycles. The molecule has 38 heavy (non-hydrogen) atoms. The van der Waals surface area contributed by atoms with Crippen molar-refractivity contribution < 1.29 is 31.1 Å². The predicted octanol–water partition coefficient (Wildman–Crippen LogP) is 10.2. The van der Waals surface area contributed by atoms with Gasteiger partial charge < -0.3 is 4.74 Å². The molecule has 2 aromatic carbocycles. The van der Waals surface area contributed by atoms with Crippen LogP contribution in [0.5, 0.6) is 0 Å². The van der Waals surface area contributed by atoms with Gasteiger partial charge in [0.1, 0.15) is 17.5 Å². The Labute approximate surface area is 221 Å². The van der Waals surface area contributed by atoms with Gasteiger partial charge in [-0.15, -0.1) is 0 Å². The summed E-state index contributed by atoms with van der Waals surface area (Å²) in [6, 6.07) is 6.15. The molecule has 2 aromatic rings. The van der Waals surface area contributed by atoms with E-state index in [-0.39, 0.29) is 23.3 Å². The monoisotopic (exact) mass is 538 g/mol. The third kappa shape index (κ3) is 7.43. The number of ether oxygens (including phenoxy) is 1. The van der Waals surface area contributed by atoms with Gasteiger partial charge in [0.05, 0.1) is 12.7 Å². The summed E-state index contributed by atoms with van der Waals surface area (Å²) in [5, 5.41) is 0. The van der Waals surface area contributed by atoms with E-state index in [1.165, 1.54) is 63.5 Å². The van der Waals surface area contributed by atoms with Crippen LogP contribution < -0.4 is 0 Å². The summed E-state index contributed by atoms with van der Waals surface area (Å²) in [5.74, 6) is -0.960. The topological polar surface area (TPSA) is 9.23 Å². The molecule has 0 N–H and O–H groups in total. The SMILES string of the molecule is CCCCCC1CCC(C2CCC(c3ccc(-c4cc(F)c(C=CC(F)(F)F)c(F)c4)c(F)c3)OC2)CC1. The van der Waals surface area contributed by atoms with E-state index < -0.39 is 29.2 Å². The first-order chi connectivity index (χ1) is 18.1. The molecule has 1 saturated carbocycles. The van der Waals surface area contributed by atoms with Crippen LogP contribution in [-0.2, 0) is 4.74 Å². The number of unbranched alkanes of at least 4 members (excludes halogenated alkanes) is 2. The van der Waals surface area contributed by atoms with Crippen LogP contribution in [0.25, 0.3) is 17.2 Å². The van der Waals surface area contributed by atoms with E-state index in [9.17, 15) is 22.0 Å². The highest BCUT2D eigenvalue weighted by Crippen LogP contribution is 2.42. The van der Waals surface area contributed by atoms with Crippen LogP contribution in [0.4, 0.5) is 26.3 Å². The lowest BCUT2D eigenvalue weighted by Crippen LogP contribution is -2.29. The second kappa shape index (κ2) is 12.7. The molecule has 1 aliphatic carbocycles. The Morgan fingerprint density at radius 2 is 1.53 bits per heavy atom. The van der Waals surface area contributed by atoms with Crippen molar-refractivity contribution in [3.05, 3.63) is 65.0 Å². The van der Waals surface area contributed by atoms with E-state index in [4.69, 9.17) is 4.74 Å². The van der Waals surface area contributed by atoms with E-state index in [1.807, 2.05) is 0 Å². The van der Waals surface area contributed by atoms with E-state index in [1.54, 1.807) is 6.07 Å². The van der Waals surface area contributed by atoms with Gasteiger partial charge in [0.15, 0.2) is 0 Å². The van der Waals surface area contributed by atoms with Gasteiger partial charge in [-0.05, 0) is 78.8 Å². The maximum atomic E-state index is 15.0. The Morgan fingerprint density at radius 3 is 2.11 bits per heavy atom. The lowest BCUT2D eigenvalue weighted by molar-refractivity contribution is -0.0790. The van der Waals surface area contributed by atoms with Crippen molar-refractivity contribution in [2.45, 2.75) is 83.4 Å². The molecule has 208 valence electrons. The Bertz CT molecular complexity index is 1070. The van der Waals surface area contributed by atoms with Crippen molar-refractivity contribution in [3.8, 4) is 11.1 Å². The highest BCUT2D eigenvalue weighted by Gasteiger charge is 2.32. The van der Waals surface area contributed by atoms with Gasteiger partial charge in [-0.3, -0.25) is 0 Å². The molecule has 1 nitrogen and oxygen atoms in total. The lowest BCUT2D eigenvalue weighted by atomic mass is 9.72. The molecule has 2 unspecified atom stereocenters. The third-order valence-corrected chi connectivity index (χ3v) is 8.28. The van der Waals surface area contributed by atoms with E-state index in [0.717, 1.165) is 30.9 Å². The maximum absolute atomic E-state index is 15.0. The number of hydrogen-bond donors (Lipinski definition) is 0. The zero-order valence-corrected chi connectivity index (χ0v) is 21.8. The number of hydrogen-bond acceptors (Lipinski definition) is 1. The van der Waals surface area contributed by atoms with Crippen molar-refractivity contribution in [2.24, 2.45) is 17.8 Å². The highest BCUT2D eigenvalue weighted by atomic mass is 19.4. The molecule has 2 aliphatic rings.